The lowest BCUT2D eigenvalue weighted by atomic mass is 10.2. The van der Waals surface area contributed by atoms with E-state index in [1.54, 1.807) is 17.2 Å². The number of thiazole rings is 1. The molecule has 170 valence electrons. The van der Waals surface area contributed by atoms with Crippen LogP contribution in [0.3, 0.4) is 0 Å². The van der Waals surface area contributed by atoms with Gasteiger partial charge in [0.15, 0.2) is 15.5 Å². The fraction of sp³-hybridized carbons (Fsp3) is 0.368. The zero-order valence-corrected chi connectivity index (χ0v) is 17.8. The smallest absolute Gasteiger partial charge is 0.432 e. The molecule has 0 radical (unpaired) electrons. The molecule has 3 heterocycles. The van der Waals surface area contributed by atoms with Gasteiger partial charge in [-0.3, -0.25) is 10.2 Å². The van der Waals surface area contributed by atoms with Crippen molar-refractivity contribution in [3.05, 3.63) is 36.2 Å². The van der Waals surface area contributed by atoms with Crippen molar-refractivity contribution in [2.45, 2.75) is 13.2 Å². The van der Waals surface area contributed by atoms with Crippen LogP contribution in [0.4, 0.5) is 18.7 Å². The predicted octanol–water partition coefficient (Wildman–Crippen LogP) is 2.98. The normalized spacial score (nSPS) is 15.1. The molecule has 13 heteroatoms. The number of nitrogens with zero attached hydrogens (tertiary/aromatic N) is 5. The minimum absolute atomic E-state index is 0.134. The Labute approximate surface area is 185 Å². The van der Waals surface area contributed by atoms with Gasteiger partial charge in [0, 0.05) is 32.7 Å². The number of methoxy groups -OCH3 is 1. The first-order valence-corrected chi connectivity index (χ1v) is 10.5. The summed E-state index contributed by atoms with van der Waals surface area (Å²) in [6.45, 7) is 0.00601. The Morgan fingerprint density at radius 3 is 2.81 bits per heavy atom. The minimum atomic E-state index is -2.85. The number of rotatable bonds is 7. The van der Waals surface area contributed by atoms with Crippen LogP contribution in [0.15, 0.2) is 30.6 Å². The number of aromatic nitrogens is 3. The highest BCUT2D eigenvalue weighted by molar-refractivity contribution is 7.22. The number of nitrogens with one attached hydrogen (secondary N) is 1. The van der Waals surface area contributed by atoms with E-state index in [0.29, 0.717) is 54.1 Å². The first-order valence-electron chi connectivity index (χ1n) is 9.65. The second-order valence-electron chi connectivity index (χ2n) is 6.79. The van der Waals surface area contributed by atoms with Gasteiger partial charge < -0.3 is 14.3 Å². The number of fused-ring (bicyclic) bond motifs is 1. The molecule has 1 aromatic carbocycles. The molecule has 1 N–H and O–H groups in total. The summed E-state index contributed by atoms with van der Waals surface area (Å²) in [6.07, 6.45) is 0.713. The molecule has 1 amide bonds. The number of piperazine rings is 1. The largest absolute Gasteiger partial charge is 0.479 e. The van der Waals surface area contributed by atoms with Gasteiger partial charge >= 0.3 is 12.7 Å². The van der Waals surface area contributed by atoms with Crippen LogP contribution >= 0.6 is 11.3 Å². The van der Waals surface area contributed by atoms with Crippen LogP contribution in [0.1, 0.15) is 5.56 Å². The van der Waals surface area contributed by atoms with E-state index in [9.17, 15) is 13.6 Å². The number of benzene rings is 1. The first-order chi connectivity index (χ1) is 15.5. The van der Waals surface area contributed by atoms with Gasteiger partial charge in [0.2, 0.25) is 5.88 Å². The Morgan fingerprint density at radius 2 is 2.06 bits per heavy atom. The van der Waals surface area contributed by atoms with E-state index in [-0.39, 0.29) is 5.75 Å². The zero-order chi connectivity index (χ0) is 22.5. The van der Waals surface area contributed by atoms with Crippen LogP contribution in [-0.2, 0) is 11.4 Å². The van der Waals surface area contributed by atoms with Crippen LogP contribution in [0.2, 0.25) is 0 Å². The minimum Gasteiger partial charge on any atom is -0.479 e. The van der Waals surface area contributed by atoms with Crippen molar-refractivity contribution in [1.29, 1.82) is 0 Å². The quantitative estimate of drug-likeness (QED) is 0.563. The fourth-order valence-electron chi connectivity index (χ4n) is 3.22. The molecule has 0 bridgehead atoms. The van der Waals surface area contributed by atoms with Crippen molar-refractivity contribution in [2.75, 3.05) is 38.6 Å². The van der Waals surface area contributed by atoms with E-state index in [1.807, 2.05) is 6.07 Å². The Balaban J connectivity index is 1.26. The lowest BCUT2D eigenvalue weighted by Gasteiger charge is -2.33. The van der Waals surface area contributed by atoms with Gasteiger partial charge in [-0.25, -0.2) is 14.8 Å². The van der Waals surface area contributed by atoms with Crippen molar-refractivity contribution in [3.63, 3.8) is 0 Å². The molecule has 3 aromatic rings. The maximum atomic E-state index is 12.4. The number of hydrogen-bond acceptors (Lipinski definition) is 10. The summed E-state index contributed by atoms with van der Waals surface area (Å²) in [7, 11) is 1.48. The van der Waals surface area contributed by atoms with Gasteiger partial charge in [0.05, 0.1) is 7.11 Å². The molecule has 4 rings (SSSR count). The molecule has 1 saturated heterocycles. The maximum Gasteiger partial charge on any atom is 0.432 e. The third kappa shape index (κ3) is 5.55. The monoisotopic (exact) mass is 466 g/mol. The highest BCUT2D eigenvalue weighted by atomic mass is 32.1. The fourth-order valence-corrected chi connectivity index (χ4v) is 4.01. The van der Waals surface area contributed by atoms with E-state index >= 15 is 0 Å². The molecule has 0 atom stereocenters. The average Bonchev–Trinajstić information content (AvgIpc) is 3.17. The van der Waals surface area contributed by atoms with Gasteiger partial charge in [0.25, 0.3) is 0 Å². The third-order valence-electron chi connectivity index (χ3n) is 4.64. The molecule has 0 saturated carbocycles. The molecule has 1 aliphatic rings. The standard InChI is InChI=1S/C19H20F2N6O4S/c1-29-15-14-16(23-11-22-15)32-18(24-14)25-19(28)31-27-7-5-26(6-8-27)10-12-3-2-4-13(9-12)30-17(20)21/h2-4,9,11,17H,5-8,10H2,1H3,(H,24,25,28). The summed E-state index contributed by atoms with van der Waals surface area (Å²) in [4.78, 5) is 32.7. The average molecular weight is 466 g/mol. The van der Waals surface area contributed by atoms with Crippen molar-refractivity contribution in [2.24, 2.45) is 0 Å². The van der Waals surface area contributed by atoms with Gasteiger partial charge in [-0.1, -0.05) is 23.5 Å². The molecule has 10 nitrogen and oxygen atoms in total. The Bertz CT molecular complexity index is 1080. The van der Waals surface area contributed by atoms with E-state index in [0.717, 1.165) is 5.56 Å². The number of hydrogen-bond donors (Lipinski definition) is 1. The van der Waals surface area contributed by atoms with Gasteiger partial charge in [-0.05, 0) is 17.7 Å². The SMILES string of the molecule is COc1ncnc2sc(NC(=O)ON3CCN(Cc4cccc(OC(F)F)c4)CC3)nc12. The molecule has 32 heavy (non-hydrogen) atoms. The first kappa shape index (κ1) is 22.0. The molecular formula is C19H20F2N6O4S. The summed E-state index contributed by atoms with van der Waals surface area (Å²) >= 11 is 1.19. The summed E-state index contributed by atoms with van der Waals surface area (Å²) < 4.78 is 34.4. The number of halogens is 2. The van der Waals surface area contributed by atoms with E-state index in [4.69, 9.17) is 9.57 Å². The summed E-state index contributed by atoms with van der Waals surface area (Å²) in [5, 5.41) is 4.49. The number of amides is 1. The Kier molecular flexibility index (Phi) is 6.87. The Morgan fingerprint density at radius 1 is 1.25 bits per heavy atom. The third-order valence-corrected chi connectivity index (χ3v) is 5.52. The lowest BCUT2D eigenvalue weighted by molar-refractivity contribution is -0.119. The lowest BCUT2D eigenvalue weighted by Crippen LogP contribution is -2.46. The van der Waals surface area contributed by atoms with Crippen molar-refractivity contribution in [3.8, 4) is 11.6 Å². The number of hydroxylamine groups is 2. The molecule has 2 aromatic heterocycles. The second kappa shape index (κ2) is 9.97. The molecule has 0 spiro atoms. The number of alkyl halides is 2. The highest BCUT2D eigenvalue weighted by Crippen LogP contribution is 2.28. The Hall–Kier alpha value is -3.16. The van der Waals surface area contributed by atoms with E-state index in [2.05, 4.69) is 29.9 Å². The topological polar surface area (TPSA) is 102 Å². The van der Waals surface area contributed by atoms with Crippen LogP contribution in [-0.4, -0.2) is 70.9 Å². The predicted molar refractivity (Wildman–Crippen MR) is 112 cm³/mol. The number of carbonyl (C=O) groups excluding carboxylic acids is 1. The number of ether oxygens (including phenoxy) is 2. The maximum absolute atomic E-state index is 12.4. The molecule has 0 aliphatic carbocycles. The van der Waals surface area contributed by atoms with Crippen LogP contribution < -0.4 is 14.8 Å². The van der Waals surface area contributed by atoms with Crippen molar-refractivity contribution < 1.29 is 27.9 Å². The number of carbonyl (C=O) groups is 1. The second-order valence-corrected chi connectivity index (χ2v) is 7.77. The van der Waals surface area contributed by atoms with Gasteiger partial charge in [-0.15, -0.1) is 5.06 Å². The number of anilines is 1. The summed E-state index contributed by atoms with van der Waals surface area (Å²) in [6, 6.07) is 6.62. The summed E-state index contributed by atoms with van der Waals surface area (Å²) in [5.74, 6) is 0.463. The highest BCUT2D eigenvalue weighted by Gasteiger charge is 2.21. The van der Waals surface area contributed by atoms with E-state index < -0.39 is 12.7 Å². The molecule has 0 unspecified atom stereocenters. The molecular weight excluding hydrogens is 446 g/mol. The molecule has 1 aliphatic heterocycles. The van der Waals surface area contributed by atoms with Crippen LogP contribution in [0.25, 0.3) is 10.3 Å². The van der Waals surface area contributed by atoms with Crippen molar-refractivity contribution in [1.82, 2.24) is 24.9 Å². The van der Waals surface area contributed by atoms with Crippen molar-refractivity contribution >= 4 is 32.9 Å². The van der Waals surface area contributed by atoms with Gasteiger partial charge in [0.1, 0.15) is 12.1 Å². The van der Waals surface area contributed by atoms with E-state index in [1.165, 1.54) is 30.8 Å². The zero-order valence-electron chi connectivity index (χ0n) is 17.0. The molecule has 1 fully saturated rings. The van der Waals surface area contributed by atoms with Crippen LogP contribution in [0, 0.1) is 0 Å². The summed E-state index contributed by atoms with van der Waals surface area (Å²) in [5.41, 5.74) is 1.33. The van der Waals surface area contributed by atoms with Gasteiger partial charge in [-0.2, -0.15) is 13.8 Å². The van der Waals surface area contributed by atoms with Crippen LogP contribution in [0.5, 0.6) is 11.6 Å².